The first-order valence-electron chi connectivity index (χ1n) is 7.11. The fourth-order valence-electron chi connectivity index (χ4n) is 2.74. The molecule has 0 aromatic carbocycles. The Balaban J connectivity index is 1.92. The lowest BCUT2D eigenvalue weighted by molar-refractivity contribution is 0.128. The highest BCUT2D eigenvalue weighted by Crippen LogP contribution is 2.28. The predicted molar refractivity (Wildman–Crippen MR) is 74.3 cm³/mol. The first-order chi connectivity index (χ1) is 9.26. The second-order valence-corrected chi connectivity index (χ2v) is 5.33. The molecule has 1 aliphatic heterocycles. The van der Waals surface area contributed by atoms with Gasteiger partial charge in [-0.15, -0.1) is 0 Å². The lowest BCUT2D eigenvalue weighted by Crippen LogP contribution is -2.36. The number of likely N-dealkylation sites (tertiary alicyclic amines) is 1. The van der Waals surface area contributed by atoms with Gasteiger partial charge in [0.15, 0.2) is 0 Å². The van der Waals surface area contributed by atoms with Gasteiger partial charge in [0, 0.05) is 32.0 Å². The molecule has 108 valence electrons. The molecule has 1 N–H and O–H groups in total. The van der Waals surface area contributed by atoms with Gasteiger partial charge in [-0.3, -0.25) is 0 Å². The van der Waals surface area contributed by atoms with Gasteiger partial charge in [0.05, 0.1) is 19.3 Å². The number of aliphatic hydroxyl groups is 1. The van der Waals surface area contributed by atoms with Gasteiger partial charge < -0.3 is 19.3 Å². The zero-order valence-corrected chi connectivity index (χ0v) is 12.0. The first-order valence-corrected chi connectivity index (χ1v) is 7.11. The molecule has 5 nitrogen and oxygen atoms in total. The van der Waals surface area contributed by atoms with Crippen molar-refractivity contribution in [3.63, 3.8) is 0 Å². The smallest absolute Gasteiger partial charge is 0.112 e. The minimum Gasteiger partial charge on any atom is -0.394 e. The van der Waals surface area contributed by atoms with E-state index >= 15 is 0 Å². The average molecular weight is 267 g/mol. The number of hydrogen-bond acceptors (Lipinski definition) is 4. The van der Waals surface area contributed by atoms with Crippen molar-refractivity contribution < 1.29 is 9.84 Å². The van der Waals surface area contributed by atoms with Gasteiger partial charge in [-0.05, 0) is 32.9 Å². The third kappa shape index (κ3) is 3.55. The highest BCUT2D eigenvalue weighted by molar-refractivity contribution is 5.04. The van der Waals surface area contributed by atoms with Crippen LogP contribution in [0.4, 0.5) is 0 Å². The number of methoxy groups -OCH3 is 1. The van der Waals surface area contributed by atoms with Crippen LogP contribution in [0, 0.1) is 0 Å². The van der Waals surface area contributed by atoms with Crippen LogP contribution in [0.15, 0.2) is 12.4 Å². The van der Waals surface area contributed by atoms with E-state index in [1.165, 1.54) is 0 Å². The Labute approximate surface area is 115 Å². The second-order valence-electron chi connectivity index (χ2n) is 5.33. The molecule has 0 saturated carbocycles. The Morgan fingerprint density at radius 2 is 2.21 bits per heavy atom. The molecule has 1 aromatic rings. The van der Waals surface area contributed by atoms with Crippen LogP contribution < -0.4 is 0 Å². The zero-order chi connectivity index (χ0) is 13.7. The van der Waals surface area contributed by atoms with Crippen molar-refractivity contribution in [3.8, 4) is 0 Å². The molecule has 2 heterocycles. The van der Waals surface area contributed by atoms with E-state index < -0.39 is 0 Å². The van der Waals surface area contributed by atoms with E-state index in [2.05, 4.69) is 14.5 Å². The molecule has 0 spiro atoms. The van der Waals surface area contributed by atoms with E-state index in [9.17, 15) is 5.11 Å². The summed E-state index contributed by atoms with van der Waals surface area (Å²) in [6, 6.07) is 0.115. The lowest BCUT2D eigenvalue weighted by Gasteiger charge is -2.32. The number of aromatic nitrogens is 2. The van der Waals surface area contributed by atoms with Gasteiger partial charge in [-0.2, -0.15) is 0 Å². The minimum atomic E-state index is 0.115. The summed E-state index contributed by atoms with van der Waals surface area (Å²) >= 11 is 0. The first kappa shape index (κ1) is 14.5. The monoisotopic (exact) mass is 267 g/mol. The van der Waals surface area contributed by atoms with E-state index in [0.717, 1.165) is 44.9 Å². The van der Waals surface area contributed by atoms with E-state index in [4.69, 9.17) is 4.74 Å². The quantitative estimate of drug-likeness (QED) is 0.843. The maximum atomic E-state index is 9.30. The average Bonchev–Trinajstić information content (AvgIpc) is 2.94. The summed E-state index contributed by atoms with van der Waals surface area (Å²) in [6.07, 6.45) is 6.10. The Morgan fingerprint density at radius 1 is 1.47 bits per heavy atom. The van der Waals surface area contributed by atoms with Crippen molar-refractivity contribution in [2.24, 2.45) is 0 Å². The fourth-order valence-corrected chi connectivity index (χ4v) is 2.74. The number of aliphatic hydroxyl groups excluding tert-OH is 1. The highest BCUT2D eigenvalue weighted by atomic mass is 16.5. The summed E-state index contributed by atoms with van der Waals surface area (Å²) in [6.45, 7) is 6.23. The van der Waals surface area contributed by atoms with E-state index in [1.54, 1.807) is 7.11 Å². The number of piperidine rings is 1. The van der Waals surface area contributed by atoms with Crippen LogP contribution in [-0.4, -0.2) is 59.5 Å². The van der Waals surface area contributed by atoms with Crippen LogP contribution >= 0.6 is 0 Å². The summed E-state index contributed by atoms with van der Waals surface area (Å²) in [5.41, 5.74) is 0. The Bertz CT molecular complexity index is 373. The lowest BCUT2D eigenvalue weighted by atomic mass is 9.95. The predicted octanol–water partition coefficient (Wildman–Crippen LogP) is 1.26. The molecule has 2 rings (SSSR count). The van der Waals surface area contributed by atoms with E-state index in [0.29, 0.717) is 5.92 Å². The van der Waals surface area contributed by atoms with Gasteiger partial charge in [-0.1, -0.05) is 0 Å². The summed E-state index contributed by atoms with van der Waals surface area (Å²) in [5.74, 6) is 1.65. The molecule has 0 radical (unpaired) electrons. The fraction of sp³-hybridized carbons (Fsp3) is 0.786. The maximum absolute atomic E-state index is 9.30. The van der Waals surface area contributed by atoms with Crippen molar-refractivity contribution >= 4 is 0 Å². The van der Waals surface area contributed by atoms with Crippen LogP contribution in [0.1, 0.15) is 37.5 Å². The van der Waals surface area contributed by atoms with Gasteiger partial charge in [0.1, 0.15) is 5.82 Å². The third-order valence-corrected chi connectivity index (χ3v) is 4.00. The molecule has 0 amide bonds. The van der Waals surface area contributed by atoms with Gasteiger partial charge >= 0.3 is 0 Å². The molecule has 1 atom stereocenters. The summed E-state index contributed by atoms with van der Waals surface area (Å²) < 4.78 is 7.24. The molecule has 19 heavy (non-hydrogen) atoms. The Kier molecular flexibility index (Phi) is 5.36. The minimum absolute atomic E-state index is 0.115. The Morgan fingerprint density at radius 3 is 2.84 bits per heavy atom. The maximum Gasteiger partial charge on any atom is 0.112 e. The normalized spacial score (nSPS) is 19.7. The summed E-state index contributed by atoms with van der Waals surface area (Å²) in [4.78, 5) is 6.95. The second kappa shape index (κ2) is 7.03. The molecule has 1 saturated heterocycles. The molecule has 1 aliphatic rings. The van der Waals surface area contributed by atoms with Crippen LogP contribution in [0.2, 0.25) is 0 Å². The molecule has 0 unspecified atom stereocenters. The van der Waals surface area contributed by atoms with Gasteiger partial charge in [-0.25, -0.2) is 4.98 Å². The summed E-state index contributed by atoms with van der Waals surface area (Å²) in [7, 11) is 1.75. The number of rotatable bonds is 6. The van der Waals surface area contributed by atoms with Crippen molar-refractivity contribution in [1.82, 2.24) is 14.5 Å². The molecule has 1 aromatic heterocycles. The molecule has 0 bridgehead atoms. The standard InChI is InChI=1S/C14H25N3O2/c1-12(11-18)17-8-5-15-14(17)13-3-6-16(7-4-13)9-10-19-2/h5,8,12-13,18H,3-4,6-7,9-11H2,1-2H3/t12-/m1/s1. The van der Waals surface area contributed by atoms with E-state index in [1.807, 2.05) is 19.3 Å². The molecular weight excluding hydrogens is 242 g/mol. The van der Waals surface area contributed by atoms with Crippen LogP contribution in [0.5, 0.6) is 0 Å². The van der Waals surface area contributed by atoms with Crippen LogP contribution in [-0.2, 0) is 4.74 Å². The zero-order valence-electron chi connectivity index (χ0n) is 12.0. The van der Waals surface area contributed by atoms with Crippen LogP contribution in [0.3, 0.4) is 0 Å². The topological polar surface area (TPSA) is 50.5 Å². The number of hydrogen-bond donors (Lipinski definition) is 1. The number of ether oxygens (including phenoxy) is 1. The molecule has 0 aliphatic carbocycles. The number of imidazole rings is 1. The van der Waals surface area contributed by atoms with Crippen molar-refractivity contribution in [1.29, 1.82) is 0 Å². The van der Waals surface area contributed by atoms with Crippen molar-refractivity contribution in [3.05, 3.63) is 18.2 Å². The Hall–Kier alpha value is -0.910. The number of nitrogens with zero attached hydrogens (tertiary/aromatic N) is 3. The molecule has 1 fully saturated rings. The van der Waals surface area contributed by atoms with Crippen LogP contribution in [0.25, 0.3) is 0 Å². The third-order valence-electron chi connectivity index (χ3n) is 4.00. The van der Waals surface area contributed by atoms with Crippen molar-refractivity contribution in [2.75, 3.05) is 40.0 Å². The summed E-state index contributed by atoms with van der Waals surface area (Å²) in [5, 5.41) is 9.30. The SMILES string of the molecule is COCCN1CCC(c2nccn2[C@H](C)CO)CC1. The highest BCUT2D eigenvalue weighted by Gasteiger charge is 2.24. The largest absolute Gasteiger partial charge is 0.394 e. The molecule has 5 heteroatoms. The molecular formula is C14H25N3O2. The van der Waals surface area contributed by atoms with Gasteiger partial charge in [0.25, 0.3) is 0 Å². The van der Waals surface area contributed by atoms with E-state index in [-0.39, 0.29) is 12.6 Å². The van der Waals surface area contributed by atoms with Gasteiger partial charge in [0.2, 0.25) is 0 Å². The van der Waals surface area contributed by atoms with Crippen molar-refractivity contribution in [2.45, 2.75) is 31.7 Å².